The summed E-state index contributed by atoms with van der Waals surface area (Å²) in [4.78, 5) is 4.19. The average Bonchev–Trinajstić information content (AvgIpc) is 2.71. The maximum atomic E-state index is 13.0. The Morgan fingerprint density at radius 3 is 3.18 bits per heavy atom. The fraction of sp³-hybridized carbons (Fsp3) is 0.417. The lowest BCUT2D eigenvalue weighted by molar-refractivity contribution is 0.0869. The van der Waals surface area contributed by atoms with Crippen LogP contribution in [0.4, 0.5) is 10.4 Å². The number of benzene rings is 1. The predicted molar refractivity (Wildman–Crippen MR) is 61.4 cm³/mol. The van der Waals surface area contributed by atoms with Gasteiger partial charge in [-0.2, -0.15) is 4.98 Å². The van der Waals surface area contributed by atoms with Crippen molar-refractivity contribution >= 4 is 17.1 Å². The number of nitrogens with one attached hydrogen (secondary N) is 1. The van der Waals surface area contributed by atoms with Gasteiger partial charge in [-0.1, -0.05) is 0 Å². The number of fused-ring (bicyclic) bond motifs is 1. The zero-order chi connectivity index (χ0) is 11.7. The molecule has 0 aliphatic carbocycles. The molecule has 0 bridgehead atoms. The van der Waals surface area contributed by atoms with Gasteiger partial charge >= 0.3 is 0 Å². The second-order valence-corrected chi connectivity index (χ2v) is 4.19. The highest BCUT2D eigenvalue weighted by Gasteiger charge is 2.16. The Hall–Kier alpha value is -1.62. The Bertz CT molecular complexity index is 520. The molecule has 17 heavy (non-hydrogen) atoms. The molecule has 1 aliphatic rings. The number of halogens is 1. The fourth-order valence-electron chi connectivity index (χ4n) is 1.99. The molecule has 2 heterocycles. The van der Waals surface area contributed by atoms with Crippen molar-refractivity contribution in [3.8, 4) is 0 Å². The topological polar surface area (TPSA) is 47.3 Å². The molecule has 1 atom stereocenters. The van der Waals surface area contributed by atoms with Crippen LogP contribution in [0.5, 0.6) is 0 Å². The van der Waals surface area contributed by atoms with Crippen LogP contribution >= 0.6 is 0 Å². The summed E-state index contributed by atoms with van der Waals surface area (Å²) in [6.45, 7) is 1.48. The van der Waals surface area contributed by atoms with Crippen LogP contribution in [0.2, 0.25) is 0 Å². The molecule has 1 aromatic heterocycles. The molecule has 0 spiro atoms. The second-order valence-electron chi connectivity index (χ2n) is 4.19. The molecule has 1 saturated heterocycles. The van der Waals surface area contributed by atoms with E-state index in [1.807, 2.05) is 0 Å². The van der Waals surface area contributed by atoms with Gasteiger partial charge in [0.1, 0.15) is 11.3 Å². The van der Waals surface area contributed by atoms with Gasteiger partial charge in [0.15, 0.2) is 5.58 Å². The third-order valence-electron chi connectivity index (χ3n) is 2.84. The first-order valence-electron chi connectivity index (χ1n) is 5.71. The lowest BCUT2D eigenvalue weighted by atomic mass is 10.1. The Labute approximate surface area is 97.8 Å². The van der Waals surface area contributed by atoms with Crippen LogP contribution in [0.3, 0.4) is 0 Å². The fourth-order valence-corrected chi connectivity index (χ4v) is 1.99. The molecule has 1 aliphatic heterocycles. The van der Waals surface area contributed by atoms with E-state index in [0.717, 1.165) is 19.4 Å². The van der Waals surface area contributed by atoms with Crippen molar-refractivity contribution in [2.75, 3.05) is 18.5 Å². The van der Waals surface area contributed by atoms with E-state index in [1.54, 1.807) is 6.07 Å². The quantitative estimate of drug-likeness (QED) is 0.870. The monoisotopic (exact) mass is 236 g/mol. The summed E-state index contributed by atoms with van der Waals surface area (Å²) in [6, 6.07) is 4.96. The van der Waals surface area contributed by atoms with Crippen LogP contribution in [0.15, 0.2) is 22.6 Å². The molecule has 1 unspecified atom stereocenters. The highest BCUT2D eigenvalue weighted by atomic mass is 19.1. The van der Waals surface area contributed by atoms with Crippen molar-refractivity contribution in [1.82, 2.24) is 4.98 Å². The van der Waals surface area contributed by atoms with E-state index in [2.05, 4.69) is 10.3 Å². The Balaban J connectivity index is 1.80. The summed E-state index contributed by atoms with van der Waals surface area (Å²) in [7, 11) is 0. The number of hydrogen-bond acceptors (Lipinski definition) is 4. The third kappa shape index (κ3) is 2.24. The van der Waals surface area contributed by atoms with Crippen LogP contribution < -0.4 is 5.32 Å². The molecule has 90 valence electrons. The molecule has 1 fully saturated rings. The van der Waals surface area contributed by atoms with Crippen molar-refractivity contribution in [3.05, 3.63) is 24.0 Å². The Morgan fingerprint density at radius 1 is 1.41 bits per heavy atom. The van der Waals surface area contributed by atoms with Crippen molar-refractivity contribution in [1.29, 1.82) is 0 Å². The first kappa shape index (κ1) is 10.5. The summed E-state index contributed by atoms with van der Waals surface area (Å²) in [5.41, 5.74) is 1.12. The molecule has 3 rings (SSSR count). The van der Waals surface area contributed by atoms with Gasteiger partial charge in [-0.05, 0) is 25.0 Å². The molecular weight excluding hydrogens is 223 g/mol. The zero-order valence-electron chi connectivity index (χ0n) is 9.28. The maximum Gasteiger partial charge on any atom is 0.295 e. The summed E-state index contributed by atoms with van der Waals surface area (Å²) < 4.78 is 23.8. The highest BCUT2D eigenvalue weighted by molar-refractivity contribution is 5.74. The molecule has 0 amide bonds. The number of rotatable bonds is 2. The standard InChI is InChI=1S/C12H13FN2O2/c13-8-3-4-11-10(6-8)15-12(17-11)14-9-2-1-5-16-7-9/h3-4,6,9H,1-2,5,7H2,(H,14,15). The Kier molecular flexibility index (Phi) is 2.68. The average molecular weight is 236 g/mol. The Morgan fingerprint density at radius 2 is 2.35 bits per heavy atom. The van der Waals surface area contributed by atoms with Gasteiger partial charge in [0.05, 0.1) is 12.6 Å². The predicted octanol–water partition coefficient (Wildman–Crippen LogP) is 2.56. The molecule has 5 heteroatoms. The van der Waals surface area contributed by atoms with E-state index >= 15 is 0 Å². The third-order valence-corrected chi connectivity index (χ3v) is 2.84. The summed E-state index contributed by atoms with van der Waals surface area (Å²) in [5, 5.41) is 3.16. The number of nitrogens with zero attached hydrogens (tertiary/aromatic N) is 1. The van der Waals surface area contributed by atoms with E-state index < -0.39 is 0 Å². The number of aromatic nitrogens is 1. The lowest BCUT2D eigenvalue weighted by Gasteiger charge is -2.21. The zero-order valence-corrected chi connectivity index (χ0v) is 9.28. The van der Waals surface area contributed by atoms with E-state index in [0.29, 0.717) is 23.7 Å². The summed E-state index contributed by atoms with van der Waals surface area (Å²) >= 11 is 0. The molecule has 1 aromatic carbocycles. The number of oxazole rings is 1. The molecule has 0 saturated carbocycles. The van der Waals surface area contributed by atoms with E-state index in [9.17, 15) is 4.39 Å². The van der Waals surface area contributed by atoms with Crippen LogP contribution in [0, 0.1) is 5.82 Å². The first-order valence-corrected chi connectivity index (χ1v) is 5.71. The van der Waals surface area contributed by atoms with Gasteiger partial charge in [-0.25, -0.2) is 4.39 Å². The van der Waals surface area contributed by atoms with Crippen LogP contribution in [0.1, 0.15) is 12.8 Å². The maximum absolute atomic E-state index is 13.0. The largest absolute Gasteiger partial charge is 0.424 e. The van der Waals surface area contributed by atoms with Gasteiger partial charge in [0.25, 0.3) is 6.01 Å². The summed E-state index contributed by atoms with van der Waals surface area (Å²) in [6.07, 6.45) is 2.07. The molecule has 4 nitrogen and oxygen atoms in total. The minimum absolute atomic E-state index is 0.224. The van der Waals surface area contributed by atoms with Gasteiger partial charge in [0, 0.05) is 12.7 Å². The molecule has 2 aromatic rings. The van der Waals surface area contributed by atoms with Gasteiger partial charge in [-0.15, -0.1) is 0 Å². The van der Waals surface area contributed by atoms with E-state index in [4.69, 9.17) is 9.15 Å². The van der Waals surface area contributed by atoms with Crippen LogP contribution in [0.25, 0.3) is 11.1 Å². The van der Waals surface area contributed by atoms with Crippen LogP contribution in [-0.4, -0.2) is 24.2 Å². The van der Waals surface area contributed by atoms with E-state index in [1.165, 1.54) is 12.1 Å². The minimum atomic E-state index is -0.307. The van der Waals surface area contributed by atoms with Crippen molar-refractivity contribution in [3.63, 3.8) is 0 Å². The van der Waals surface area contributed by atoms with Gasteiger partial charge < -0.3 is 14.5 Å². The smallest absolute Gasteiger partial charge is 0.295 e. The first-order chi connectivity index (χ1) is 8.31. The summed E-state index contributed by atoms with van der Waals surface area (Å²) in [5.74, 6) is -0.307. The SMILES string of the molecule is Fc1ccc2oc(NC3CCCOC3)nc2c1. The van der Waals surface area contributed by atoms with Crippen molar-refractivity contribution in [2.45, 2.75) is 18.9 Å². The van der Waals surface area contributed by atoms with E-state index in [-0.39, 0.29) is 11.9 Å². The number of ether oxygens (including phenoxy) is 1. The molecule has 1 N–H and O–H groups in total. The number of anilines is 1. The van der Waals surface area contributed by atoms with Crippen LogP contribution in [-0.2, 0) is 4.74 Å². The number of hydrogen-bond donors (Lipinski definition) is 1. The molecular formula is C12H13FN2O2. The van der Waals surface area contributed by atoms with Crippen molar-refractivity contribution < 1.29 is 13.5 Å². The lowest BCUT2D eigenvalue weighted by Crippen LogP contribution is -2.30. The van der Waals surface area contributed by atoms with Gasteiger partial charge in [0.2, 0.25) is 0 Å². The second kappa shape index (κ2) is 4.33. The molecule has 0 radical (unpaired) electrons. The minimum Gasteiger partial charge on any atom is -0.424 e. The van der Waals surface area contributed by atoms with Crippen molar-refractivity contribution in [2.24, 2.45) is 0 Å². The van der Waals surface area contributed by atoms with Gasteiger partial charge in [-0.3, -0.25) is 0 Å². The highest BCUT2D eigenvalue weighted by Crippen LogP contribution is 2.21. The normalized spacial score (nSPS) is 20.6.